The molecular formula is C41H24N2O2S. The molecule has 10 rings (SSSR count). The molecule has 0 bridgehead atoms. The average Bonchev–Trinajstić information content (AvgIpc) is 3.82. The number of hydrogen-bond acceptors (Lipinski definition) is 5. The second-order valence-electron chi connectivity index (χ2n) is 11.6. The quantitative estimate of drug-likeness (QED) is 0.199. The van der Waals surface area contributed by atoms with Crippen LogP contribution in [-0.2, 0) is 0 Å². The van der Waals surface area contributed by atoms with Gasteiger partial charge in [0.15, 0.2) is 5.58 Å². The van der Waals surface area contributed by atoms with Gasteiger partial charge in [-0.05, 0) is 84.2 Å². The van der Waals surface area contributed by atoms with E-state index in [-0.39, 0.29) is 0 Å². The highest BCUT2D eigenvalue weighted by Gasteiger charge is 2.19. The SMILES string of the molecule is c1ccc(-c2nc3ccc4ccc(N(c5ccc6oc7ccccc7c6c5)c5ccc6sc7ccccc7c6c5)cc4c3o2)cc1. The number of aromatic nitrogens is 1. The number of anilines is 3. The van der Waals surface area contributed by atoms with Gasteiger partial charge < -0.3 is 13.7 Å². The Morgan fingerprint density at radius 1 is 0.478 bits per heavy atom. The van der Waals surface area contributed by atoms with Crippen LogP contribution in [0.3, 0.4) is 0 Å². The minimum Gasteiger partial charge on any atom is -0.456 e. The number of oxazole rings is 1. The van der Waals surface area contributed by atoms with Gasteiger partial charge in [0, 0.05) is 59.0 Å². The van der Waals surface area contributed by atoms with Crippen molar-refractivity contribution in [2.75, 3.05) is 4.90 Å². The van der Waals surface area contributed by atoms with E-state index in [1.807, 2.05) is 59.9 Å². The average molecular weight is 609 g/mol. The Bertz CT molecular complexity index is 2660. The largest absolute Gasteiger partial charge is 0.456 e. The summed E-state index contributed by atoms with van der Waals surface area (Å²) in [7, 11) is 0. The van der Waals surface area contributed by atoms with Gasteiger partial charge in [-0.2, -0.15) is 0 Å². The van der Waals surface area contributed by atoms with Gasteiger partial charge in [0.2, 0.25) is 5.89 Å². The third-order valence-corrected chi connectivity index (χ3v) is 10.0. The molecule has 0 amide bonds. The minimum absolute atomic E-state index is 0.623. The van der Waals surface area contributed by atoms with E-state index >= 15 is 0 Å². The fraction of sp³-hybridized carbons (Fsp3) is 0. The summed E-state index contributed by atoms with van der Waals surface area (Å²) < 4.78 is 15.2. The van der Waals surface area contributed by atoms with Crippen LogP contribution in [0.25, 0.3) is 75.4 Å². The maximum Gasteiger partial charge on any atom is 0.227 e. The summed E-state index contributed by atoms with van der Waals surface area (Å²) in [5.41, 5.74) is 7.51. The standard InChI is InChI=1S/C41H24N2O2S/c1-2-8-26(9-3-1)41-42-35-19-15-25-14-16-27(22-32(25)40(35)45-41)43(28-17-20-37-33(23-28)30-10-4-6-12-36(30)44-37)29-18-21-39-34(24-29)31-11-5-7-13-38(31)46-39/h1-24H. The number of furan rings is 1. The molecule has 0 aliphatic carbocycles. The lowest BCUT2D eigenvalue weighted by molar-refractivity contribution is 0.623. The summed E-state index contributed by atoms with van der Waals surface area (Å²) in [6.45, 7) is 0. The van der Waals surface area contributed by atoms with Gasteiger partial charge in [-0.25, -0.2) is 4.98 Å². The fourth-order valence-electron chi connectivity index (χ4n) is 6.69. The summed E-state index contributed by atoms with van der Waals surface area (Å²) >= 11 is 1.83. The van der Waals surface area contributed by atoms with Crippen molar-refractivity contribution in [1.29, 1.82) is 0 Å². The first-order valence-electron chi connectivity index (χ1n) is 15.3. The van der Waals surface area contributed by atoms with Crippen molar-refractivity contribution in [1.82, 2.24) is 4.98 Å². The van der Waals surface area contributed by atoms with Crippen molar-refractivity contribution in [3.8, 4) is 11.5 Å². The van der Waals surface area contributed by atoms with E-state index in [0.717, 1.165) is 66.4 Å². The number of fused-ring (bicyclic) bond motifs is 9. The Morgan fingerprint density at radius 3 is 2.02 bits per heavy atom. The molecule has 3 aromatic heterocycles. The highest BCUT2D eigenvalue weighted by molar-refractivity contribution is 7.25. The topological polar surface area (TPSA) is 42.4 Å². The zero-order valence-corrected chi connectivity index (χ0v) is 25.3. The van der Waals surface area contributed by atoms with Gasteiger partial charge in [0.05, 0.1) is 0 Å². The van der Waals surface area contributed by atoms with E-state index < -0.39 is 0 Å². The first-order valence-corrected chi connectivity index (χ1v) is 16.1. The molecule has 0 N–H and O–H groups in total. The number of thiophene rings is 1. The molecule has 0 fully saturated rings. The first kappa shape index (κ1) is 25.4. The molecule has 46 heavy (non-hydrogen) atoms. The van der Waals surface area contributed by atoms with Crippen LogP contribution < -0.4 is 4.90 Å². The summed E-state index contributed by atoms with van der Waals surface area (Å²) in [4.78, 5) is 7.18. The molecule has 4 nitrogen and oxygen atoms in total. The van der Waals surface area contributed by atoms with Crippen LogP contribution in [0.2, 0.25) is 0 Å². The Morgan fingerprint density at radius 2 is 1.13 bits per heavy atom. The Kier molecular flexibility index (Phi) is 5.41. The van der Waals surface area contributed by atoms with Crippen LogP contribution in [0.15, 0.2) is 154 Å². The summed E-state index contributed by atoms with van der Waals surface area (Å²) in [6.07, 6.45) is 0. The number of nitrogens with zero attached hydrogens (tertiary/aromatic N) is 2. The molecule has 0 saturated carbocycles. The van der Waals surface area contributed by atoms with Gasteiger partial charge in [-0.1, -0.05) is 66.7 Å². The van der Waals surface area contributed by atoms with E-state index in [1.54, 1.807) is 0 Å². The lowest BCUT2D eigenvalue weighted by Crippen LogP contribution is -2.09. The van der Waals surface area contributed by atoms with Crippen molar-refractivity contribution >= 4 is 92.4 Å². The van der Waals surface area contributed by atoms with Crippen molar-refractivity contribution in [2.24, 2.45) is 0 Å². The summed E-state index contributed by atoms with van der Waals surface area (Å²) in [5.74, 6) is 0.623. The van der Waals surface area contributed by atoms with Crippen LogP contribution in [0.1, 0.15) is 0 Å². The van der Waals surface area contributed by atoms with E-state index in [2.05, 4.69) is 102 Å². The van der Waals surface area contributed by atoms with Crippen molar-refractivity contribution in [2.45, 2.75) is 0 Å². The number of hydrogen-bond donors (Lipinski definition) is 0. The molecule has 10 aromatic rings. The second-order valence-corrected chi connectivity index (χ2v) is 12.7. The van der Waals surface area contributed by atoms with Gasteiger partial charge in [-0.3, -0.25) is 0 Å². The highest BCUT2D eigenvalue weighted by atomic mass is 32.1. The first-order chi connectivity index (χ1) is 22.8. The van der Waals surface area contributed by atoms with Crippen LogP contribution in [0, 0.1) is 0 Å². The van der Waals surface area contributed by atoms with E-state index in [1.165, 1.54) is 20.2 Å². The molecule has 0 aliphatic heterocycles. The van der Waals surface area contributed by atoms with E-state index in [0.29, 0.717) is 5.89 Å². The van der Waals surface area contributed by atoms with E-state index in [4.69, 9.17) is 13.8 Å². The normalized spacial score (nSPS) is 11.9. The van der Waals surface area contributed by atoms with Gasteiger partial charge in [0.25, 0.3) is 0 Å². The van der Waals surface area contributed by atoms with Crippen molar-refractivity contribution < 1.29 is 8.83 Å². The molecule has 0 atom stereocenters. The van der Waals surface area contributed by atoms with Crippen LogP contribution in [0.5, 0.6) is 0 Å². The molecule has 0 spiro atoms. The summed E-state index contributed by atoms with van der Waals surface area (Å²) in [6, 6.07) is 50.9. The van der Waals surface area contributed by atoms with Crippen LogP contribution >= 0.6 is 11.3 Å². The van der Waals surface area contributed by atoms with Crippen molar-refractivity contribution in [3.05, 3.63) is 146 Å². The monoisotopic (exact) mass is 608 g/mol. The molecule has 7 aromatic carbocycles. The molecule has 3 heterocycles. The molecule has 0 unspecified atom stereocenters. The zero-order chi connectivity index (χ0) is 30.2. The lowest BCUT2D eigenvalue weighted by Gasteiger charge is -2.26. The van der Waals surface area contributed by atoms with Crippen LogP contribution in [0.4, 0.5) is 17.1 Å². The van der Waals surface area contributed by atoms with Crippen molar-refractivity contribution in [3.63, 3.8) is 0 Å². The van der Waals surface area contributed by atoms with Gasteiger partial charge in [-0.15, -0.1) is 11.3 Å². The molecular weight excluding hydrogens is 585 g/mol. The number of benzene rings is 7. The van der Waals surface area contributed by atoms with Crippen LogP contribution in [-0.4, -0.2) is 4.98 Å². The summed E-state index contributed by atoms with van der Waals surface area (Å²) in [5, 5.41) is 6.84. The Balaban J connectivity index is 1.22. The van der Waals surface area contributed by atoms with Gasteiger partial charge in [0.1, 0.15) is 16.7 Å². The molecule has 216 valence electrons. The third-order valence-electron chi connectivity index (χ3n) is 8.87. The predicted molar refractivity (Wildman–Crippen MR) is 192 cm³/mol. The molecule has 0 aliphatic rings. The minimum atomic E-state index is 0.623. The highest BCUT2D eigenvalue weighted by Crippen LogP contribution is 2.43. The zero-order valence-electron chi connectivity index (χ0n) is 24.5. The lowest BCUT2D eigenvalue weighted by atomic mass is 10.1. The number of rotatable bonds is 4. The Hall–Kier alpha value is -5.91. The predicted octanol–water partition coefficient (Wildman–Crippen LogP) is 12.4. The number of para-hydroxylation sites is 1. The maximum absolute atomic E-state index is 6.46. The van der Waals surface area contributed by atoms with E-state index in [9.17, 15) is 0 Å². The fourth-order valence-corrected chi connectivity index (χ4v) is 7.78. The molecule has 5 heteroatoms. The molecule has 0 radical (unpaired) electrons. The molecule has 0 saturated heterocycles. The smallest absolute Gasteiger partial charge is 0.227 e. The Labute approximate surface area is 267 Å². The second kappa shape index (κ2) is 9.80. The van der Waals surface area contributed by atoms with Gasteiger partial charge >= 0.3 is 0 Å². The maximum atomic E-state index is 6.46. The third kappa shape index (κ3) is 3.89.